The van der Waals surface area contributed by atoms with Gasteiger partial charge in [0.1, 0.15) is 0 Å². The first-order valence-corrected chi connectivity index (χ1v) is 6.03. The molecule has 1 amide bonds. The average molecular weight is 266 g/mol. The minimum Gasteiger partial charge on any atom is -0.338 e. The van der Waals surface area contributed by atoms with Crippen molar-refractivity contribution in [2.24, 2.45) is 5.41 Å². The lowest BCUT2D eigenvalue weighted by molar-refractivity contribution is -0.387. The predicted octanol–water partition coefficient (Wildman–Crippen LogP) is 2.61. The van der Waals surface area contributed by atoms with E-state index in [4.69, 9.17) is 0 Å². The Morgan fingerprint density at radius 2 is 2.16 bits per heavy atom. The van der Waals surface area contributed by atoms with Crippen LogP contribution in [0.1, 0.15) is 30.6 Å². The number of nitro groups is 1. The topological polar surface area (TPSA) is 63.5 Å². The lowest BCUT2D eigenvalue weighted by atomic mass is 9.93. The molecule has 0 atom stereocenters. The normalized spacial score (nSPS) is 17.5. The fourth-order valence-electron chi connectivity index (χ4n) is 2.25. The van der Waals surface area contributed by atoms with E-state index >= 15 is 0 Å². The standard InChI is InChI=1S/C13H15FN2O3/c1-13(2)5-6-15(8-13)12(17)9-3-4-10(14)11(7-9)16(18)19/h3-4,7H,5-6,8H2,1-2H3. The zero-order valence-electron chi connectivity index (χ0n) is 10.9. The number of hydrogen-bond donors (Lipinski definition) is 0. The minimum absolute atomic E-state index is 0.0572. The molecule has 0 spiro atoms. The van der Waals surface area contributed by atoms with Crippen LogP contribution in [0.4, 0.5) is 10.1 Å². The molecule has 0 saturated carbocycles. The molecule has 2 rings (SSSR count). The molecule has 0 aliphatic carbocycles. The molecule has 102 valence electrons. The van der Waals surface area contributed by atoms with Crippen molar-refractivity contribution in [3.05, 3.63) is 39.7 Å². The van der Waals surface area contributed by atoms with Gasteiger partial charge in [-0.25, -0.2) is 0 Å². The number of carbonyl (C=O) groups is 1. The Kier molecular flexibility index (Phi) is 3.26. The summed E-state index contributed by atoms with van der Waals surface area (Å²) in [4.78, 5) is 23.7. The number of likely N-dealkylation sites (tertiary alicyclic amines) is 1. The van der Waals surface area contributed by atoms with E-state index in [9.17, 15) is 19.3 Å². The third-order valence-electron chi connectivity index (χ3n) is 3.35. The summed E-state index contributed by atoms with van der Waals surface area (Å²) in [5, 5.41) is 10.7. The zero-order chi connectivity index (χ0) is 14.2. The van der Waals surface area contributed by atoms with Gasteiger partial charge in [-0.05, 0) is 24.0 Å². The van der Waals surface area contributed by atoms with Crippen molar-refractivity contribution in [2.45, 2.75) is 20.3 Å². The Bertz CT molecular complexity index is 543. The second-order valence-electron chi connectivity index (χ2n) is 5.56. The van der Waals surface area contributed by atoms with Gasteiger partial charge in [0.15, 0.2) is 0 Å². The van der Waals surface area contributed by atoms with E-state index in [1.165, 1.54) is 6.07 Å². The maximum absolute atomic E-state index is 13.2. The van der Waals surface area contributed by atoms with Crippen LogP contribution in [0.5, 0.6) is 0 Å². The molecular weight excluding hydrogens is 251 g/mol. The van der Waals surface area contributed by atoms with Gasteiger partial charge in [-0.2, -0.15) is 4.39 Å². The number of rotatable bonds is 2. The summed E-state index contributed by atoms with van der Waals surface area (Å²) in [5.74, 6) is -1.21. The summed E-state index contributed by atoms with van der Waals surface area (Å²) >= 11 is 0. The second kappa shape index (κ2) is 4.60. The van der Waals surface area contributed by atoms with Gasteiger partial charge in [0, 0.05) is 24.7 Å². The molecule has 19 heavy (non-hydrogen) atoms. The molecule has 1 aliphatic rings. The highest BCUT2D eigenvalue weighted by atomic mass is 19.1. The van der Waals surface area contributed by atoms with Crippen LogP contribution in [0.3, 0.4) is 0 Å². The first-order chi connectivity index (χ1) is 8.80. The first kappa shape index (κ1) is 13.5. The van der Waals surface area contributed by atoms with Gasteiger partial charge in [-0.1, -0.05) is 13.8 Å². The van der Waals surface area contributed by atoms with Crippen molar-refractivity contribution >= 4 is 11.6 Å². The molecule has 1 heterocycles. The van der Waals surface area contributed by atoms with E-state index in [1.807, 2.05) is 0 Å². The van der Waals surface area contributed by atoms with Gasteiger partial charge in [0.2, 0.25) is 5.82 Å². The monoisotopic (exact) mass is 266 g/mol. The molecule has 0 N–H and O–H groups in total. The Hall–Kier alpha value is -1.98. The van der Waals surface area contributed by atoms with E-state index in [0.29, 0.717) is 13.1 Å². The maximum atomic E-state index is 13.2. The number of nitrogens with zero attached hydrogens (tertiary/aromatic N) is 2. The van der Waals surface area contributed by atoms with Crippen LogP contribution in [0.15, 0.2) is 18.2 Å². The summed E-state index contributed by atoms with van der Waals surface area (Å²) in [7, 11) is 0. The van der Waals surface area contributed by atoms with E-state index in [2.05, 4.69) is 13.8 Å². The van der Waals surface area contributed by atoms with Crippen LogP contribution >= 0.6 is 0 Å². The number of amides is 1. The molecule has 0 bridgehead atoms. The van der Waals surface area contributed by atoms with Crippen LogP contribution in [0, 0.1) is 21.3 Å². The predicted molar refractivity (Wildman–Crippen MR) is 67.4 cm³/mol. The number of hydrogen-bond acceptors (Lipinski definition) is 3. The molecule has 1 aliphatic heterocycles. The van der Waals surface area contributed by atoms with E-state index in [-0.39, 0.29) is 16.9 Å². The molecule has 1 aromatic rings. The van der Waals surface area contributed by atoms with Gasteiger partial charge in [0.25, 0.3) is 5.91 Å². The van der Waals surface area contributed by atoms with Gasteiger partial charge in [-0.3, -0.25) is 14.9 Å². The Balaban J connectivity index is 2.25. The highest BCUT2D eigenvalue weighted by Gasteiger charge is 2.33. The summed E-state index contributed by atoms with van der Waals surface area (Å²) in [6.07, 6.45) is 0.891. The fraction of sp³-hybridized carbons (Fsp3) is 0.462. The largest absolute Gasteiger partial charge is 0.338 e. The van der Waals surface area contributed by atoms with Crippen molar-refractivity contribution in [2.75, 3.05) is 13.1 Å². The Morgan fingerprint density at radius 3 is 2.68 bits per heavy atom. The quantitative estimate of drug-likeness (QED) is 0.610. The van der Waals surface area contributed by atoms with Gasteiger partial charge >= 0.3 is 5.69 Å². The summed E-state index contributed by atoms with van der Waals surface area (Å²) in [5.41, 5.74) is -0.447. The van der Waals surface area contributed by atoms with Crippen molar-refractivity contribution in [3.8, 4) is 0 Å². The molecule has 6 heteroatoms. The summed E-state index contributed by atoms with van der Waals surface area (Å²) < 4.78 is 13.2. The van der Waals surface area contributed by atoms with Crippen LogP contribution in [0.25, 0.3) is 0 Å². The van der Waals surface area contributed by atoms with Crippen LogP contribution in [-0.2, 0) is 0 Å². The van der Waals surface area contributed by atoms with Crippen LogP contribution in [0.2, 0.25) is 0 Å². The molecule has 5 nitrogen and oxygen atoms in total. The number of benzene rings is 1. The molecule has 0 radical (unpaired) electrons. The van der Waals surface area contributed by atoms with E-state index in [1.54, 1.807) is 4.90 Å². The molecule has 0 unspecified atom stereocenters. The van der Waals surface area contributed by atoms with Crippen molar-refractivity contribution < 1.29 is 14.1 Å². The molecular formula is C13H15FN2O3. The minimum atomic E-state index is -0.927. The van der Waals surface area contributed by atoms with E-state index < -0.39 is 16.4 Å². The highest BCUT2D eigenvalue weighted by Crippen LogP contribution is 2.30. The molecule has 0 aromatic heterocycles. The molecule has 1 aromatic carbocycles. The van der Waals surface area contributed by atoms with Crippen molar-refractivity contribution in [1.82, 2.24) is 4.90 Å². The second-order valence-corrected chi connectivity index (χ2v) is 5.56. The van der Waals surface area contributed by atoms with Crippen LogP contribution in [-0.4, -0.2) is 28.8 Å². The fourth-order valence-corrected chi connectivity index (χ4v) is 2.25. The van der Waals surface area contributed by atoms with E-state index in [0.717, 1.165) is 18.6 Å². The third-order valence-corrected chi connectivity index (χ3v) is 3.35. The number of nitro benzene ring substituents is 1. The van der Waals surface area contributed by atoms with Gasteiger partial charge < -0.3 is 4.90 Å². The summed E-state index contributed by atoms with van der Waals surface area (Å²) in [6, 6.07) is 3.26. The Labute approximate surface area is 110 Å². The molecule has 1 fully saturated rings. The van der Waals surface area contributed by atoms with Crippen molar-refractivity contribution in [1.29, 1.82) is 0 Å². The summed E-state index contributed by atoms with van der Waals surface area (Å²) in [6.45, 7) is 5.36. The smallest absolute Gasteiger partial charge is 0.305 e. The van der Waals surface area contributed by atoms with Gasteiger partial charge in [0.05, 0.1) is 4.92 Å². The Morgan fingerprint density at radius 1 is 1.47 bits per heavy atom. The highest BCUT2D eigenvalue weighted by molar-refractivity contribution is 5.95. The SMILES string of the molecule is CC1(C)CCN(C(=O)c2ccc(F)c([N+](=O)[O-])c2)C1. The number of halogens is 1. The van der Waals surface area contributed by atoms with Crippen molar-refractivity contribution in [3.63, 3.8) is 0 Å². The zero-order valence-corrected chi connectivity index (χ0v) is 10.9. The third kappa shape index (κ3) is 2.72. The molecule has 1 saturated heterocycles. The van der Waals surface area contributed by atoms with Gasteiger partial charge in [-0.15, -0.1) is 0 Å². The first-order valence-electron chi connectivity index (χ1n) is 6.03. The lowest BCUT2D eigenvalue weighted by Gasteiger charge is -2.19. The maximum Gasteiger partial charge on any atom is 0.305 e. The number of carbonyl (C=O) groups excluding carboxylic acids is 1. The van der Waals surface area contributed by atoms with Crippen LogP contribution < -0.4 is 0 Å². The lowest BCUT2D eigenvalue weighted by Crippen LogP contribution is -2.30. The average Bonchev–Trinajstić information content (AvgIpc) is 2.69.